The molecule has 2 aromatic carbocycles. The average Bonchev–Trinajstić information content (AvgIpc) is 3.02. The summed E-state index contributed by atoms with van der Waals surface area (Å²) in [5.74, 6) is 1.37. The van der Waals surface area contributed by atoms with E-state index in [9.17, 15) is 22.8 Å². The van der Waals surface area contributed by atoms with Crippen molar-refractivity contribution in [1.29, 1.82) is 0 Å². The fourth-order valence-electron chi connectivity index (χ4n) is 4.75. The molecule has 7 heteroatoms. The second-order valence-corrected chi connectivity index (χ2v) is 12.4. The van der Waals surface area contributed by atoms with Gasteiger partial charge in [-0.1, -0.05) is 103 Å². The van der Waals surface area contributed by atoms with Crippen LogP contribution in [-0.2, 0) is 17.4 Å². The van der Waals surface area contributed by atoms with E-state index in [0.717, 1.165) is 62.0 Å². The normalized spacial score (nSPS) is 13.2. The lowest BCUT2D eigenvalue weighted by Gasteiger charge is -2.32. The number of piperidine rings is 1. The Morgan fingerprint density at radius 2 is 1.43 bits per heavy atom. The number of hydrogen-bond acceptors (Lipinski definition) is 3. The third-order valence-corrected chi connectivity index (χ3v) is 7.78. The highest BCUT2D eigenvalue weighted by atomic mass is 19.4. The lowest BCUT2D eigenvalue weighted by Crippen LogP contribution is -2.32. The van der Waals surface area contributed by atoms with Crippen molar-refractivity contribution in [3.63, 3.8) is 0 Å². The first-order valence-electron chi connectivity index (χ1n) is 16.9. The van der Waals surface area contributed by atoms with Gasteiger partial charge >= 0.3 is 6.18 Å². The van der Waals surface area contributed by atoms with Crippen LogP contribution < -0.4 is 10.6 Å². The van der Waals surface area contributed by atoms with Gasteiger partial charge < -0.3 is 10.6 Å². The van der Waals surface area contributed by atoms with Crippen LogP contribution in [0.15, 0.2) is 84.5 Å². The molecule has 0 aliphatic carbocycles. The van der Waals surface area contributed by atoms with Gasteiger partial charge in [0, 0.05) is 29.9 Å². The zero-order valence-electron chi connectivity index (χ0n) is 30.1. The number of benzene rings is 2. The summed E-state index contributed by atoms with van der Waals surface area (Å²) < 4.78 is 37.2. The molecule has 0 aromatic heterocycles. The summed E-state index contributed by atoms with van der Waals surface area (Å²) in [6.07, 6.45) is 9.74. The van der Waals surface area contributed by atoms with Crippen LogP contribution in [0.3, 0.4) is 0 Å². The van der Waals surface area contributed by atoms with Crippen LogP contribution in [-0.4, -0.2) is 24.8 Å². The molecule has 0 spiro atoms. The molecular formula is C40H59F3N2O2. The zero-order chi connectivity index (χ0) is 36.0. The van der Waals surface area contributed by atoms with Gasteiger partial charge in [0.15, 0.2) is 5.78 Å². The number of amides is 1. The van der Waals surface area contributed by atoms with Crippen molar-refractivity contribution in [2.45, 2.75) is 107 Å². The van der Waals surface area contributed by atoms with E-state index in [1.165, 1.54) is 43.7 Å². The topological polar surface area (TPSA) is 63.4 Å². The molecule has 1 aliphatic heterocycles. The van der Waals surface area contributed by atoms with Gasteiger partial charge in [0.25, 0.3) is 0 Å². The summed E-state index contributed by atoms with van der Waals surface area (Å²) in [6, 6.07) is 12.8. The summed E-state index contributed by atoms with van der Waals surface area (Å²) in [4.78, 5) is 23.6. The van der Waals surface area contributed by atoms with Gasteiger partial charge in [0.1, 0.15) is 0 Å². The minimum atomic E-state index is -4.24. The Kier molecular flexibility index (Phi) is 21.9. The lowest BCUT2D eigenvalue weighted by atomic mass is 9.99. The molecule has 0 saturated carbocycles. The third kappa shape index (κ3) is 19.6. The Hall–Kier alpha value is -3.61. The first kappa shape index (κ1) is 43.4. The van der Waals surface area contributed by atoms with Crippen LogP contribution in [0.5, 0.6) is 0 Å². The number of ketones is 1. The molecule has 0 bridgehead atoms. The van der Waals surface area contributed by atoms with Gasteiger partial charge in [-0.3, -0.25) is 9.59 Å². The molecule has 0 unspecified atom stereocenters. The second-order valence-electron chi connectivity index (χ2n) is 12.4. The average molecular weight is 657 g/mol. The lowest BCUT2D eigenvalue weighted by molar-refractivity contribution is -0.137. The van der Waals surface area contributed by atoms with Gasteiger partial charge in [-0.15, -0.1) is 0 Å². The van der Waals surface area contributed by atoms with Crippen molar-refractivity contribution in [2.24, 2.45) is 17.6 Å². The van der Waals surface area contributed by atoms with Crippen LogP contribution in [0.4, 0.5) is 18.9 Å². The van der Waals surface area contributed by atoms with Crippen LogP contribution in [0.2, 0.25) is 0 Å². The molecule has 1 aliphatic rings. The van der Waals surface area contributed by atoms with E-state index < -0.39 is 11.7 Å². The number of carbonyl (C=O) groups excluding carboxylic acids is 2. The molecule has 4 nitrogen and oxygen atoms in total. The number of nitrogens with two attached hydrogens (primary N) is 1. The fraction of sp³-hybridized carbons (Fsp3) is 0.500. The highest BCUT2D eigenvalue weighted by Crippen LogP contribution is 2.31. The molecular weight excluding hydrogens is 597 g/mol. The van der Waals surface area contributed by atoms with E-state index in [4.69, 9.17) is 5.73 Å². The van der Waals surface area contributed by atoms with Crippen molar-refractivity contribution >= 4 is 17.4 Å². The Bertz CT molecular complexity index is 1230. The summed E-state index contributed by atoms with van der Waals surface area (Å²) in [5, 5.41) is 0. The van der Waals surface area contributed by atoms with Gasteiger partial charge in [-0.25, -0.2) is 0 Å². The molecule has 2 aromatic rings. The van der Waals surface area contributed by atoms with E-state index in [1.807, 2.05) is 32.1 Å². The molecule has 1 saturated heterocycles. The van der Waals surface area contributed by atoms with E-state index in [1.54, 1.807) is 36.4 Å². The van der Waals surface area contributed by atoms with Gasteiger partial charge in [-0.2, -0.15) is 13.2 Å². The molecule has 1 heterocycles. The SMILES string of the molecule is C=C/C(=C\C=C(C)C)C(C)=O.CC1CCN(c2ccc(C(F)(F)F)cc2)CC1.CCCC(C)CCC.CCc1ccc(C(N)=O)cc1. The van der Waals surface area contributed by atoms with Gasteiger partial charge in [-0.05, 0) is 93.8 Å². The van der Waals surface area contributed by atoms with Gasteiger partial charge in [0.2, 0.25) is 5.91 Å². The number of aryl methyl sites for hydroxylation is 1. The number of primary amides is 1. The van der Waals surface area contributed by atoms with E-state index in [-0.39, 0.29) is 11.7 Å². The second kappa shape index (κ2) is 23.7. The van der Waals surface area contributed by atoms with Crippen molar-refractivity contribution < 1.29 is 22.8 Å². The standard InChI is InChI=1S/C13H16F3N.C10H14O.C9H11NO.C8H18/c1-10-6-8-17(9-7-10)12-4-2-11(3-5-12)13(14,15)16;1-5-10(9(4)11)7-6-8(2)3;1-2-7-3-5-8(6-4-7)9(10)11;1-4-6-8(3)7-5-2/h2-5,10H,6-9H2,1H3;5-7H,1H2,2-4H3;3-6H,2H2,1H3,(H2,10,11);8H,4-7H2,1-3H3/b;10-7+;;. The molecule has 47 heavy (non-hydrogen) atoms. The minimum Gasteiger partial charge on any atom is -0.372 e. The minimum absolute atomic E-state index is 0.0532. The summed E-state index contributed by atoms with van der Waals surface area (Å²) >= 11 is 0. The molecule has 1 amide bonds. The highest BCUT2D eigenvalue weighted by molar-refractivity contribution is 5.96. The fourth-order valence-corrected chi connectivity index (χ4v) is 4.75. The predicted octanol–water partition coefficient (Wildman–Crippen LogP) is 11.2. The van der Waals surface area contributed by atoms with Gasteiger partial charge in [0.05, 0.1) is 5.56 Å². The monoisotopic (exact) mass is 656 g/mol. The number of alkyl halides is 3. The number of anilines is 1. The molecule has 0 atom stereocenters. The molecule has 0 radical (unpaired) electrons. The quantitative estimate of drug-likeness (QED) is 0.204. The highest BCUT2D eigenvalue weighted by Gasteiger charge is 2.30. The van der Waals surface area contributed by atoms with Crippen LogP contribution in [0.25, 0.3) is 0 Å². The van der Waals surface area contributed by atoms with Crippen molar-refractivity contribution in [3.8, 4) is 0 Å². The Balaban J connectivity index is 0.000000627. The van der Waals surface area contributed by atoms with Crippen LogP contribution >= 0.6 is 0 Å². The summed E-state index contributed by atoms with van der Waals surface area (Å²) in [7, 11) is 0. The molecule has 2 N–H and O–H groups in total. The number of halogens is 3. The number of hydrogen-bond donors (Lipinski definition) is 1. The number of allylic oxidation sites excluding steroid dienone is 5. The van der Waals surface area contributed by atoms with Crippen molar-refractivity contribution in [2.75, 3.05) is 18.0 Å². The number of Topliss-reactive ketones (excluding diaryl/α,β-unsaturated/α-hetero) is 1. The maximum atomic E-state index is 12.4. The maximum absolute atomic E-state index is 12.4. The predicted molar refractivity (Wildman–Crippen MR) is 194 cm³/mol. The Labute approximate surface area is 283 Å². The van der Waals surface area contributed by atoms with Crippen LogP contribution in [0.1, 0.15) is 115 Å². The largest absolute Gasteiger partial charge is 0.416 e. The number of nitrogens with zero attached hydrogens (tertiary/aromatic N) is 1. The van der Waals surface area contributed by atoms with E-state index >= 15 is 0 Å². The van der Waals surface area contributed by atoms with Crippen molar-refractivity contribution in [3.05, 3.63) is 101 Å². The zero-order valence-corrected chi connectivity index (χ0v) is 30.1. The molecule has 3 rings (SSSR count). The van der Waals surface area contributed by atoms with Crippen molar-refractivity contribution in [1.82, 2.24) is 0 Å². The first-order chi connectivity index (χ1) is 22.1. The smallest absolute Gasteiger partial charge is 0.372 e. The van der Waals surface area contributed by atoms with E-state index in [2.05, 4.69) is 46.1 Å². The maximum Gasteiger partial charge on any atom is 0.416 e. The Morgan fingerprint density at radius 1 is 0.915 bits per heavy atom. The summed E-state index contributed by atoms with van der Waals surface area (Å²) in [6.45, 7) is 22.1. The molecule has 262 valence electrons. The first-order valence-corrected chi connectivity index (χ1v) is 16.9. The van der Waals surface area contributed by atoms with E-state index in [0.29, 0.717) is 11.1 Å². The Morgan fingerprint density at radius 3 is 1.79 bits per heavy atom. The number of carbonyl (C=O) groups is 2. The number of rotatable bonds is 10. The molecule has 1 fully saturated rings. The third-order valence-electron chi connectivity index (χ3n) is 7.78. The summed E-state index contributed by atoms with van der Waals surface area (Å²) in [5.41, 5.74) is 9.00. The van der Waals surface area contributed by atoms with Crippen LogP contribution in [0, 0.1) is 11.8 Å².